The maximum absolute atomic E-state index is 12.4. The number of benzene rings is 1. The number of imidazole rings is 1. The highest BCUT2D eigenvalue weighted by Gasteiger charge is 2.25. The van der Waals surface area contributed by atoms with Crippen LogP contribution < -0.4 is 5.32 Å². The predicted molar refractivity (Wildman–Crippen MR) is 89.8 cm³/mol. The van der Waals surface area contributed by atoms with Gasteiger partial charge in [0.05, 0.1) is 19.1 Å². The maximum atomic E-state index is 12.4. The second-order valence-corrected chi connectivity index (χ2v) is 6.37. The molecular formula is C17H17N3O2S. The smallest absolute Gasteiger partial charge is 0.270 e. The predicted octanol–water partition coefficient (Wildman–Crippen LogP) is 2.57. The van der Waals surface area contributed by atoms with Crippen molar-refractivity contribution in [1.82, 2.24) is 14.9 Å². The molecule has 0 aliphatic rings. The lowest BCUT2D eigenvalue weighted by Crippen LogP contribution is -2.38. The molecule has 1 atom stereocenters. The summed E-state index contributed by atoms with van der Waals surface area (Å²) in [7, 11) is 0. The fourth-order valence-electron chi connectivity index (χ4n) is 2.27. The number of thiophene rings is 1. The van der Waals surface area contributed by atoms with Gasteiger partial charge < -0.3 is 10.4 Å². The molecule has 23 heavy (non-hydrogen) atoms. The van der Waals surface area contributed by atoms with Crippen molar-refractivity contribution in [1.29, 1.82) is 0 Å². The van der Waals surface area contributed by atoms with Gasteiger partial charge in [0.1, 0.15) is 11.3 Å². The summed E-state index contributed by atoms with van der Waals surface area (Å²) < 4.78 is 1.72. The van der Waals surface area contributed by atoms with Crippen LogP contribution in [0.1, 0.15) is 22.3 Å². The van der Waals surface area contributed by atoms with Crippen LogP contribution in [0.4, 0.5) is 0 Å². The van der Waals surface area contributed by atoms with E-state index in [0.29, 0.717) is 5.69 Å². The van der Waals surface area contributed by atoms with Crippen molar-refractivity contribution >= 4 is 17.2 Å². The number of nitrogens with one attached hydrogen (secondary N) is 1. The fourth-order valence-corrected chi connectivity index (χ4v) is 3.06. The molecule has 0 aliphatic heterocycles. The lowest BCUT2D eigenvalue weighted by Gasteiger charge is -2.22. The first-order valence-electron chi connectivity index (χ1n) is 7.20. The molecule has 2 heterocycles. The van der Waals surface area contributed by atoms with Crippen LogP contribution in [0.5, 0.6) is 0 Å². The van der Waals surface area contributed by atoms with Crippen LogP contribution in [-0.4, -0.2) is 27.1 Å². The number of hydrogen-bond donors (Lipinski definition) is 2. The van der Waals surface area contributed by atoms with E-state index >= 15 is 0 Å². The lowest BCUT2D eigenvalue weighted by molar-refractivity contribution is 0.0554. The highest BCUT2D eigenvalue weighted by Crippen LogP contribution is 2.24. The molecule has 2 aromatic heterocycles. The third kappa shape index (κ3) is 3.33. The van der Waals surface area contributed by atoms with Crippen molar-refractivity contribution in [2.75, 3.05) is 6.54 Å². The standard InChI is InChI=1S/C17H17N3O2S/c1-17(22,15-8-5-9-23-15)11-19-16(21)14-10-18-12-20(14)13-6-3-2-4-7-13/h2-10,12,22H,11H2,1H3,(H,19,21). The molecule has 1 aromatic carbocycles. The van der Waals surface area contributed by atoms with E-state index in [1.165, 1.54) is 17.5 Å². The van der Waals surface area contributed by atoms with Gasteiger partial charge in [0.15, 0.2) is 0 Å². The Morgan fingerprint density at radius 1 is 1.30 bits per heavy atom. The van der Waals surface area contributed by atoms with Crippen molar-refractivity contribution in [3.8, 4) is 5.69 Å². The molecule has 0 saturated heterocycles. The zero-order valence-electron chi connectivity index (χ0n) is 12.6. The Hall–Kier alpha value is -2.44. The van der Waals surface area contributed by atoms with E-state index in [-0.39, 0.29) is 12.5 Å². The Kier molecular flexibility index (Phi) is 4.27. The van der Waals surface area contributed by atoms with Crippen LogP contribution in [0.15, 0.2) is 60.4 Å². The minimum Gasteiger partial charge on any atom is -0.383 e. The summed E-state index contributed by atoms with van der Waals surface area (Å²) in [5, 5.41) is 15.2. The van der Waals surface area contributed by atoms with Crippen LogP contribution in [0.25, 0.3) is 5.69 Å². The average molecular weight is 327 g/mol. The van der Waals surface area contributed by atoms with Crippen molar-refractivity contribution in [2.45, 2.75) is 12.5 Å². The Labute approximate surface area is 138 Å². The third-order valence-corrected chi connectivity index (χ3v) is 4.67. The fraction of sp³-hybridized carbons (Fsp3) is 0.176. The van der Waals surface area contributed by atoms with Gasteiger partial charge in [0.25, 0.3) is 5.91 Å². The zero-order chi connectivity index (χ0) is 16.3. The molecule has 0 aliphatic carbocycles. The molecule has 5 nitrogen and oxygen atoms in total. The van der Waals surface area contributed by atoms with E-state index in [1.54, 1.807) is 17.8 Å². The molecule has 1 amide bonds. The molecule has 0 saturated carbocycles. The SMILES string of the molecule is CC(O)(CNC(=O)c1cncn1-c1ccccc1)c1cccs1. The Bertz CT molecular complexity index is 779. The molecule has 0 fully saturated rings. The number of amides is 1. The maximum Gasteiger partial charge on any atom is 0.270 e. The molecule has 1 unspecified atom stereocenters. The highest BCUT2D eigenvalue weighted by molar-refractivity contribution is 7.10. The second kappa shape index (κ2) is 6.36. The summed E-state index contributed by atoms with van der Waals surface area (Å²) in [5.74, 6) is -0.275. The number of rotatable bonds is 5. The first kappa shape index (κ1) is 15.5. The van der Waals surface area contributed by atoms with Crippen LogP contribution in [-0.2, 0) is 5.60 Å². The van der Waals surface area contributed by atoms with Gasteiger partial charge in [-0.15, -0.1) is 11.3 Å². The Balaban J connectivity index is 1.74. The molecule has 0 spiro atoms. The quantitative estimate of drug-likeness (QED) is 0.757. The van der Waals surface area contributed by atoms with Crippen LogP contribution in [0.3, 0.4) is 0 Å². The largest absolute Gasteiger partial charge is 0.383 e. The van der Waals surface area contributed by atoms with E-state index in [4.69, 9.17) is 0 Å². The second-order valence-electron chi connectivity index (χ2n) is 5.42. The average Bonchev–Trinajstić information content (AvgIpc) is 3.25. The van der Waals surface area contributed by atoms with E-state index < -0.39 is 5.60 Å². The molecular weight excluding hydrogens is 310 g/mol. The van der Waals surface area contributed by atoms with E-state index in [9.17, 15) is 9.90 Å². The van der Waals surface area contributed by atoms with Gasteiger partial charge in [-0.2, -0.15) is 0 Å². The molecule has 6 heteroatoms. The van der Waals surface area contributed by atoms with Crippen LogP contribution >= 0.6 is 11.3 Å². The van der Waals surface area contributed by atoms with Gasteiger partial charge >= 0.3 is 0 Å². The van der Waals surface area contributed by atoms with Crippen molar-refractivity contribution < 1.29 is 9.90 Å². The van der Waals surface area contributed by atoms with Gasteiger partial charge in [-0.25, -0.2) is 4.98 Å². The first-order valence-corrected chi connectivity index (χ1v) is 8.08. The number of hydrogen-bond acceptors (Lipinski definition) is 4. The summed E-state index contributed by atoms with van der Waals surface area (Å²) in [5.41, 5.74) is 0.194. The number of aliphatic hydroxyl groups is 1. The number of carbonyl (C=O) groups excluding carboxylic acids is 1. The minimum absolute atomic E-state index is 0.131. The molecule has 118 valence electrons. The number of nitrogens with zero attached hydrogens (tertiary/aromatic N) is 2. The Morgan fingerprint density at radius 2 is 2.09 bits per heavy atom. The first-order chi connectivity index (χ1) is 11.1. The van der Waals surface area contributed by atoms with Crippen LogP contribution in [0.2, 0.25) is 0 Å². The van der Waals surface area contributed by atoms with Gasteiger partial charge in [-0.05, 0) is 30.5 Å². The van der Waals surface area contributed by atoms with Crippen molar-refractivity contribution in [3.63, 3.8) is 0 Å². The van der Waals surface area contributed by atoms with E-state index in [2.05, 4.69) is 10.3 Å². The van der Waals surface area contributed by atoms with Gasteiger partial charge in [0, 0.05) is 10.6 Å². The molecule has 2 N–H and O–H groups in total. The topological polar surface area (TPSA) is 67.2 Å². The summed E-state index contributed by atoms with van der Waals surface area (Å²) >= 11 is 1.46. The van der Waals surface area contributed by atoms with Gasteiger partial charge in [-0.3, -0.25) is 9.36 Å². The normalized spacial score (nSPS) is 13.5. The number of carbonyl (C=O) groups is 1. The highest BCUT2D eigenvalue weighted by atomic mass is 32.1. The van der Waals surface area contributed by atoms with Gasteiger partial charge in [0.2, 0.25) is 0 Å². The minimum atomic E-state index is -1.10. The van der Waals surface area contributed by atoms with Crippen molar-refractivity contribution in [2.24, 2.45) is 0 Å². The Morgan fingerprint density at radius 3 is 2.78 bits per heavy atom. The molecule has 3 rings (SSSR count). The van der Waals surface area contributed by atoms with E-state index in [1.807, 2.05) is 47.8 Å². The number of para-hydroxylation sites is 1. The summed E-state index contributed by atoms with van der Waals surface area (Å²) in [6.07, 6.45) is 3.11. The molecule has 3 aromatic rings. The third-order valence-electron chi connectivity index (χ3n) is 3.55. The molecule has 0 bridgehead atoms. The zero-order valence-corrected chi connectivity index (χ0v) is 13.5. The molecule has 0 radical (unpaired) electrons. The summed E-state index contributed by atoms with van der Waals surface area (Å²) in [6.45, 7) is 1.82. The van der Waals surface area contributed by atoms with Crippen LogP contribution in [0, 0.1) is 0 Å². The lowest BCUT2D eigenvalue weighted by atomic mass is 10.1. The van der Waals surface area contributed by atoms with Crippen molar-refractivity contribution in [3.05, 3.63) is 70.9 Å². The summed E-state index contributed by atoms with van der Waals surface area (Å²) in [4.78, 5) is 17.3. The summed E-state index contributed by atoms with van der Waals surface area (Å²) in [6, 6.07) is 13.3. The van der Waals surface area contributed by atoms with Gasteiger partial charge in [-0.1, -0.05) is 24.3 Å². The van der Waals surface area contributed by atoms with E-state index in [0.717, 1.165) is 10.6 Å². The monoisotopic (exact) mass is 327 g/mol. The number of aromatic nitrogens is 2.